The zero-order chi connectivity index (χ0) is 9.84. The number of nitrogens with zero attached hydrogens (tertiary/aromatic N) is 2. The summed E-state index contributed by atoms with van der Waals surface area (Å²) in [6.45, 7) is 3.80. The van der Waals surface area contributed by atoms with Crippen molar-refractivity contribution in [2.75, 3.05) is 0 Å². The molecule has 0 radical (unpaired) electrons. The molecule has 2 N–H and O–H groups in total. The molecule has 0 saturated carbocycles. The van der Waals surface area contributed by atoms with Crippen LogP contribution in [0.15, 0.2) is 12.3 Å². The van der Waals surface area contributed by atoms with Crippen LogP contribution >= 0.6 is 12.2 Å². The lowest BCUT2D eigenvalue weighted by molar-refractivity contribution is 0.222. The second kappa shape index (κ2) is 4.13. The Balaban J connectivity index is 2.85. The van der Waals surface area contributed by atoms with Crippen LogP contribution in [-0.2, 0) is 0 Å². The predicted molar refractivity (Wildman–Crippen MR) is 53.7 cm³/mol. The molecule has 0 saturated heterocycles. The molecule has 1 rings (SSSR count). The van der Waals surface area contributed by atoms with E-state index in [0.29, 0.717) is 11.7 Å². The minimum Gasteiger partial charge on any atom is -0.461 e. The van der Waals surface area contributed by atoms with Crippen LogP contribution in [0.1, 0.15) is 19.5 Å². The molecule has 1 aromatic heterocycles. The monoisotopic (exact) mass is 197 g/mol. The van der Waals surface area contributed by atoms with Gasteiger partial charge in [-0.1, -0.05) is 12.2 Å². The first-order valence-electron chi connectivity index (χ1n) is 3.89. The van der Waals surface area contributed by atoms with Crippen LogP contribution in [0.25, 0.3) is 0 Å². The molecule has 4 nitrogen and oxygen atoms in total. The van der Waals surface area contributed by atoms with E-state index in [-0.39, 0.29) is 11.1 Å². The van der Waals surface area contributed by atoms with E-state index >= 15 is 0 Å². The predicted octanol–water partition coefficient (Wildman–Crippen LogP) is 0.898. The molecule has 0 bridgehead atoms. The molecule has 0 unspecified atom stereocenters. The summed E-state index contributed by atoms with van der Waals surface area (Å²) in [6.07, 6.45) is 1.61. The van der Waals surface area contributed by atoms with Crippen molar-refractivity contribution >= 4 is 17.2 Å². The van der Waals surface area contributed by atoms with Crippen LogP contribution in [0.5, 0.6) is 6.01 Å². The maximum atomic E-state index is 5.40. The maximum Gasteiger partial charge on any atom is 0.317 e. The summed E-state index contributed by atoms with van der Waals surface area (Å²) < 4.78 is 5.27. The van der Waals surface area contributed by atoms with Gasteiger partial charge in [0.15, 0.2) is 0 Å². The van der Waals surface area contributed by atoms with Crippen molar-refractivity contribution in [1.82, 2.24) is 9.97 Å². The molecule has 0 spiro atoms. The van der Waals surface area contributed by atoms with E-state index in [2.05, 4.69) is 9.97 Å². The number of nitrogens with two attached hydrogens (primary N) is 1. The van der Waals surface area contributed by atoms with Crippen LogP contribution in [-0.4, -0.2) is 21.1 Å². The molecule has 0 aliphatic heterocycles. The standard InChI is InChI=1S/C8H11N3OS/c1-5(2)12-8-10-4-3-6(11-8)7(9)13/h3-5H,1-2H3,(H2,9,13). The Hall–Kier alpha value is -1.23. The molecule has 13 heavy (non-hydrogen) atoms. The molecule has 5 heteroatoms. The third kappa shape index (κ3) is 2.95. The molecular weight excluding hydrogens is 186 g/mol. The van der Waals surface area contributed by atoms with Gasteiger partial charge in [-0.05, 0) is 19.9 Å². The van der Waals surface area contributed by atoms with Gasteiger partial charge in [-0.3, -0.25) is 0 Å². The molecule has 0 aromatic carbocycles. The average Bonchev–Trinajstić information content (AvgIpc) is 2.03. The highest BCUT2D eigenvalue weighted by molar-refractivity contribution is 7.80. The zero-order valence-electron chi connectivity index (χ0n) is 7.52. The fourth-order valence-electron chi connectivity index (χ4n) is 0.746. The largest absolute Gasteiger partial charge is 0.461 e. The van der Waals surface area contributed by atoms with Crippen molar-refractivity contribution in [2.45, 2.75) is 20.0 Å². The van der Waals surface area contributed by atoms with Crippen LogP contribution in [0.3, 0.4) is 0 Å². The van der Waals surface area contributed by atoms with Crippen molar-refractivity contribution in [3.8, 4) is 6.01 Å². The van der Waals surface area contributed by atoms with Crippen LogP contribution in [0.2, 0.25) is 0 Å². The molecule has 0 atom stereocenters. The first-order valence-corrected chi connectivity index (χ1v) is 4.30. The van der Waals surface area contributed by atoms with E-state index in [4.69, 9.17) is 22.7 Å². The highest BCUT2D eigenvalue weighted by Crippen LogP contribution is 2.04. The van der Waals surface area contributed by atoms with Gasteiger partial charge in [-0.25, -0.2) is 4.98 Å². The Bertz CT molecular complexity index is 314. The SMILES string of the molecule is CC(C)Oc1nccc(C(N)=S)n1. The molecule has 1 aromatic rings. The van der Waals surface area contributed by atoms with Crippen molar-refractivity contribution in [3.63, 3.8) is 0 Å². The van der Waals surface area contributed by atoms with Crippen molar-refractivity contribution in [2.24, 2.45) is 5.73 Å². The van der Waals surface area contributed by atoms with E-state index in [0.717, 1.165) is 0 Å². The lowest BCUT2D eigenvalue weighted by Crippen LogP contribution is -2.14. The van der Waals surface area contributed by atoms with E-state index < -0.39 is 0 Å². The van der Waals surface area contributed by atoms with Crippen LogP contribution < -0.4 is 10.5 Å². The van der Waals surface area contributed by atoms with Crippen LogP contribution in [0, 0.1) is 0 Å². The third-order valence-corrected chi connectivity index (χ3v) is 1.44. The Morgan fingerprint density at radius 2 is 2.31 bits per heavy atom. The van der Waals surface area contributed by atoms with Gasteiger partial charge >= 0.3 is 6.01 Å². The number of hydrogen-bond acceptors (Lipinski definition) is 4. The summed E-state index contributed by atoms with van der Waals surface area (Å²) in [5.74, 6) is 0. The van der Waals surface area contributed by atoms with Crippen LogP contribution in [0.4, 0.5) is 0 Å². The van der Waals surface area contributed by atoms with E-state index in [1.165, 1.54) is 0 Å². The van der Waals surface area contributed by atoms with Crippen molar-refractivity contribution in [1.29, 1.82) is 0 Å². The topological polar surface area (TPSA) is 61.0 Å². The lowest BCUT2D eigenvalue weighted by Gasteiger charge is -2.07. The number of rotatable bonds is 3. The summed E-state index contributed by atoms with van der Waals surface area (Å²) in [5.41, 5.74) is 5.93. The van der Waals surface area contributed by atoms with Crippen molar-refractivity contribution < 1.29 is 4.74 Å². The minimum atomic E-state index is 0.0431. The maximum absolute atomic E-state index is 5.40. The van der Waals surface area contributed by atoms with Gasteiger partial charge in [-0.2, -0.15) is 4.98 Å². The van der Waals surface area contributed by atoms with Gasteiger partial charge in [0, 0.05) is 6.20 Å². The van der Waals surface area contributed by atoms with Gasteiger partial charge in [-0.15, -0.1) is 0 Å². The lowest BCUT2D eigenvalue weighted by atomic mass is 10.4. The second-order valence-corrected chi connectivity index (χ2v) is 3.20. The smallest absolute Gasteiger partial charge is 0.317 e. The molecule has 0 aliphatic rings. The quantitative estimate of drug-likeness (QED) is 0.729. The number of aromatic nitrogens is 2. The Morgan fingerprint density at radius 1 is 1.62 bits per heavy atom. The summed E-state index contributed by atoms with van der Waals surface area (Å²) in [4.78, 5) is 8.17. The zero-order valence-corrected chi connectivity index (χ0v) is 8.34. The normalized spacial score (nSPS) is 10.1. The summed E-state index contributed by atoms with van der Waals surface area (Å²) in [5, 5.41) is 0. The van der Waals surface area contributed by atoms with E-state index in [9.17, 15) is 0 Å². The molecule has 70 valence electrons. The van der Waals surface area contributed by atoms with E-state index in [1.54, 1.807) is 12.3 Å². The molecule has 1 heterocycles. The van der Waals surface area contributed by atoms with Crippen molar-refractivity contribution in [3.05, 3.63) is 18.0 Å². The highest BCUT2D eigenvalue weighted by atomic mass is 32.1. The Kier molecular flexibility index (Phi) is 3.13. The first-order chi connectivity index (χ1) is 6.09. The summed E-state index contributed by atoms with van der Waals surface area (Å²) in [7, 11) is 0. The van der Waals surface area contributed by atoms with Gasteiger partial charge in [0.2, 0.25) is 0 Å². The first kappa shape index (κ1) is 9.85. The fraction of sp³-hybridized carbons (Fsp3) is 0.375. The number of thiocarbonyl (C=S) groups is 1. The number of ether oxygens (including phenoxy) is 1. The molecule has 0 amide bonds. The van der Waals surface area contributed by atoms with Gasteiger partial charge < -0.3 is 10.5 Å². The summed E-state index contributed by atoms with van der Waals surface area (Å²) in [6, 6.07) is 1.95. The Labute approximate surface area is 82.1 Å². The van der Waals surface area contributed by atoms with E-state index in [1.807, 2.05) is 13.8 Å². The number of hydrogen-bond donors (Lipinski definition) is 1. The van der Waals surface area contributed by atoms with Gasteiger partial charge in [0.1, 0.15) is 10.7 Å². The highest BCUT2D eigenvalue weighted by Gasteiger charge is 2.03. The fourth-order valence-corrected chi connectivity index (χ4v) is 0.859. The summed E-state index contributed by atoms with van der Waals surface area (Å²) >= 11 is 4.77. The minimum absolute atomic E-state index is 0.0431. The van der Waals surface area contributed by atoms with Gasteiger partial charge in [0.05, 0.1) is 6.10 Å². The second-order valence-electron chi connectivity index (χ2n) is 2.76. The third-order valence-electron chi connectivity index (χ3n) is 1.23. The average molecular weight is 197 g/mol. The van der Waals surface area contributed by atoms with Gasteiger partial charge in [0.25, 0.3) is 0 Å². The molecule has 0 aliphatic carbocycles. The molecular formula is C8H11N3OS. The molecule has 0 fully saturated rings. The Morgan fingerprint density at radius 3 is 2.85 bits per heavy atom.